The number of hydrogen-bond acceptors (Lipinski definition) is 2. The van der Waals surface area contributed by atoms with Crippen molar-refractivity contribution >= 4 is 5.69 Å². The van der Waals surface area contributed by atoms with Gasteiger partial charge in [0.15, 0.2) is 0 Å². The number of fused-ring (bicyclic) bond motifs is 1. The van der Waals surface area contributed by atoms with Crippen LogP contribution in [0.3, 0.4) is 0 Å². The number of benzene rings is 1. The first-order chi connectivity index (χ1) is 8.88. The van der Waals surface area contributed by atoms with Crippen LogP contribution in [0.15, 0.2) is 36.7 Å². The van der Waals surface area contributed by atoms with E-state index in [1.165, 1.54) is 30.5 Å². The molecule has 1 aromatic heterocycles. The molecule has 0 radical (unpaired) electrons. The van der Waals surface area contributed by atoms with Crippen molar-refractivity contribution in [2.45, 2.75) is 38.8 Å². The predicted octanol–water partition coefficient (Wildman–Crippen LogP) is 3.14. The van der Waals surface area contributed by atoms with E-state index in [0.717, 1.165) is 12.4 Å². The summed E-state index contributed by atoms with van der Waals surface area (Å²) in [6.45, 7) is 3.15. The molecule has 0 amide bonds. The highest BCUT2D eigenvalue weighted by molar-refractivity contribution is 5.56. The standard InChI is InChI=1S/C15H19N3/c1-2-13-8-7-12-5-3-4-6-14(12)18(13)11-15-16-9-10-17-15/h3-6,9-10,13H,2,7-8,11H2,1H3,(H,16,17)/t13-/m0/s1. The number of rotatable bonds is 3. The fourth-order valence-corrected chi connectivity index (χ4v) is 2.86. The Kier molecular flexibility index (Phi) is 3.05. The lowest BCUT2D eigenvalue weighted by atomic mass is 9.94. The molecule has 0 spiro atoms. The monoisotopic (exact) mass is 241 g/mol. The first-order valence-electron chi connectivity index (χ1n) is 6.71. The molecule has 1 aromatic carbocycles. The van der Waals surface area contributed by atoms with Gasteiger partial charge >= 0.3 is 0 Å². The number of aryl methyl sites for hydroxylation is 1. The second kappa shape index (κ2) is 4.84. The van der Waals surface area contributed by atoms with Crippen molar-refractivity contribution < 1.29 is 0 Å². The van der Waals surface area contributed by atoms with Crippen LogP contribution >= 0.6 is 0 Å². The first-order valence-corrected chi connectivity index (χ1v) is 6.71. The van der Waals surface area contributed by atoms with Crippen molar-refractivity contribution in [2.24, 2.45) is 0 Å². The molecule has 94 valence electrons. The summed E-state index contributed by atoms with van der Waals surface area (Å²) in [4.78, 5) is 10.1. The topological polar surface area (TPSA) is 31.9 Å². The summed E-state index contributed by atoms with van der Waals surface area (Å²) in [5, 5.41) is 0. The molecule has 3 nitrogen and oxygen atoms in total. The SMILES string of the molecule is CC[C@H]1CCc2ccccc2N1Cc1ncc[nH]1. The molecule has 1 aliphatic rings. The Morgan fingerprint density at radius 3 is 3.06 bits per heavy atom. The molecule has 2 aromatic rings. The lowest BCUT2D eigenvalue weighted by molar-refractivity contribution is 0.506. The molecule has 0 saturated heterocycles. The third-order valence-corrected chi connectivity index (χ3v) is 3.83. The molecule has 2 heterocycles. The van der Waals surface area contributed by atoms with Gasteiger partial charge in [0.25, 0.3) is 0 Å². The van der Waals surface area contributed by atoms with Gasteiger partial charge in [0, 0.05) is 24.1 Å². The Labute approximate surface area is 108 Å². The van der Waals surface area contributed by atoms with Crippen LogP contribution < -0.4 is 4.90 Å². The van der Waals surface area contributed by atoms with Crippen LogP contribution in [-0.4, -0.2) is 16.0 Å². The molecule has 0 aliphatic carbocycles. The molecule has 0 fully saturated rings. The van der Waals surface area contributed by atoms with E-state index < -0.39 is 0 Å². The van der Waals surface area contributed by atoms with E-state index in [-0.39, 0.29) is 0 Å². The number of aromatic amines is 1. The van der Waals surface area contributed by atoms with Crippen molar-refractivity contribution in [3.8, 4) is 0 Å². The number of nitrogens with zero attached hydrogens (tertiary/aromatic N) is 2. The third-order valence-electron chi connectivity index (χ3n) is 3.83. The number of H-pyrrole nitrogens is 1. The zero-order chi connectivity index (χ0) is 12.4. The molecule has 3 rings (SSSR count). The summed E-state index contributed by atoms with van der Waals surface area (Å²) in [5.74, 6) is 1.05. The molecule has 0 bridgehead atoms. The van der Waals surface area contributed by atoms with Gasteiger partial charge in [0.05, 0.1) is 6.54 Å². The van der Waals surface area contributed by atoms with Crippen LogP contribution in [0.4, 0.5) is 5.69 Å². The molecular formula is C15H19N3. The summed E-state index contributed by atoms with van der Waals surface area (Å²) in [6, 6.07) is 9.38. The smallest absolute Gasteiger partial charge is 0.125 e. The number of nitrogens with one attached hydrogen (secondary N) is 1. The predicted molar refractivity (Wildman–Crippen MR) is 73.6 cm³/mol. The zero-order valence-corrected chi connectivity index (χ0v) is 10.8. The maximum atomic E-state index is 4.35. The van der Waals surface area contributed by atoms with Crippen LogP contribution in [0.1, 0.15) is 31.2 Å². The van der Waals surface area contributed by atoms with Crippen molar-refractivity contribution in [1.82, 2.24) is 9.97 Å². The number of para-hydroxylation sites is 1. The molecule has 1 aliphatic heterocycles. The number of aromatic nitrogens is 2. The Bertz CT molecular complexity index is 504. The van der Waals surface area contributed by atoms with Crippen molar-refractivity contribution in [3.63, 3.8) is 0 Å². The summed E-state index contributed by atoms with van der Waals surface area (Å²) in [6.07, 6.45) is 7.35. The number of imidazole rings is 1. The highest BCUT2D eigenvalue weighted by Crippen LogP contribution is 2.32. The second-order valence-electron chi connectivity index (χ2n) is 4.89. The maximum absolute atomic E-state index is 4.35. The summed E-state index contributed by atoms with van der Waals surface area (Å²) in [7, 11) is 0. The van der Waals surface area contributed by atoms with Gasteiger partial charge in [-0.15, -0.1) is 0 Å². The minimum atomic E-state index is 0.630. The van der Waals surface area contributed by atoms with Crippen molar-refractivity contribution in [1.29, 1.82) is 0 Å². The van der Waals surface area contributed by atoms with Gasteiger partial charge in [0.2, 0.25) is 0 Å². The van der Waals surface area contributed by atoms with Gasteiger partial charge in [-0.25, -0.2) is 4.98 Å². The van der Waals surface area contributed by atoms with Crippen molar-refractivity contribution in [3.05, 3.63) is 48.0 Å². The largest absolute Gasteiger partial charge is 0.361 e. The summed E-state index contributed by atoms with van der Waals surface area (Å²) in [5.41, 5.74) is 2.85. The minimum absolute atomic E-state index is 0.630. The molecule has 0 saturated carbocycles. The van der Waals surface area contributed by atoms with Crippen LogP contribution in [0.5, 0.6) is 0 Å². The fourth-order valence-electron chi connectivity index (χ4n) is 2.86. The van der Waals surface area contributed by atoms with Gasteiger partial charge in [0.1, 0.15) is 5.82 Å². The molecule has 1 N–H and O–H groups in total. The Hall–Kier alpha value is -1.77. The average Bonchev–Trinajstić information content (AvgIpc) is 2.92. The normalized spacial score (nSPS) is 18.7. The maximum Gasteiger partial charge on any atom is 0.125 e. The van der Waals surface area contributed by atoms with Crippen LogP contribution in [0.2, 0.25) is 0 Å². The van der Waals surface area contributed by atoms with Gasteiger partial charge in [-0.1, -0.05) is 25.1 Å². The van der Waals surface area contributed by atoms with E-state index in [1.54, 1.807) is 0 Å². The van der Waals surface area contributed by atoms with E-state index >= 15 is 0 Å². The molecule has 1 atom stereocenters. The zero-order valence-electron chi connectivity index (χ0n) is 10.8. The van der Waals surface area contributed by atoms with Gasteiger partial charge in [-0.2, -0.15) is 0 Å². The van der Waals surface area contributed by atoms with E-state index in [4.69, 9.17) is 0 Å². The van der Waals surface area contributed by atoms with E-state index in [1.807, 2.05) is 12.4 Å². The highest BCUT2D eigenvalue weighted by Gasteiger charge is 2.25. The molecule has 0 unspecified atom stereocenters. The van der Waals surface area contributed by atoms with Gasteiger partial charge < -0.3 is 9.88 Å². The lowest BCUT2D eigenvalue weighted by Crippen LogP contribution is -2.38. The highest BCUT2D eigenvalue weighted by atomic mass is 15.2. The van der Waals surface area contributed by atoms with E-state index in [0.29, 0.717) is 6.04 Å². The number of hydrogen-bond donors (Lipinski definition) is 1. The molecular weight excluding hydrogens is 222 g/mol. The first kappa shape index (κ1) is 11.3. The minimum Gasteiger partial charge on any atom is -0.361 e. The quantitative estimate of drug-likeness (QED) is 0.895. The van der Waals surface area contributed by atoms with Crippen LogP contribution in [0.25, 0.3) is 0 Å². The average molecular weight is 241 g/mol. The Morgan fingerprint density at radius 2 is 2.28 bits per heavy atom. The lowest BCUT2D eigenvalue weighted by Gasteiger charge is -2.38. The Morgan fingerprint density at radius 1 is 1.39 bits per heavy atom. The third kappa shape index (κ3) is 2.01. The summed E-state index contributed by atoms with van der Waals surface area (Å²) >= 11 is 0. The fraction of sp³-hybridized carbons (Fsp3) is 0.400. The summed E-state index contributed by atoms with van der Waals surface area (Å²) < 4.78 is 0. The number of anilines is 1. The van der Waals surface area contributed by atoms with E-state index in [2.05, 4.69) is 46.1 Å². The molecule has 3 heteroatoms. The van der Waals surface area contributed by atoms with Gasteiger partial charge in [-0.3, -0.25) is 0 Å². The Balaban J connectivity index is 1.93. The van der Waals surface area contributed by atoms with Crippen LogP contribution in [0, 0.1) is 0 Å². The molecule has 18 heavy (non-hydrogen) atoms. The van der Waals surface area contributed by atoms with Crippen molar-refractivity contribution in [2.75, 3.05) is 4.90 Å². The van der Waals surface area contributed by atoms with Gasteiger partial charge in [-0.05, 0) is 30.9 Å². The van der Waals surface area contributed by atoms with E-state index in [9.17, 15) is 0 Å². The second-order valence-corrected chi connectivity index (χ2v) is 4.89. The van der Waals surface area contributed by atoms with Crippen LogP contribution in [-0.2, 0) is 13.0 Å².